The van der Waals surface area contributed by atoms with Gasteiger partial charge in [0.2, 0.25) is 11.9 Å². The second-order valence-electron chi connectivity index (χ2n) is 4.03. The Morgan fingerprint density at radius 1 is 1.19 bits per heavy atom. The van der Waals surface area contributed by atoms with Gasteiger partial charge in [0.1, 0.15) is 0 Å². The molecule has 0 saturated heterocycles. The van der Waals surface area contributed by atoms with Crippen molar-refractivity contribution in [2.45, 2.75) is 6.92 Å². The van der Waals surface area contributed by atoms with Crippen LogP contribution in [0.1, 0.15) is 6.92 Å². The van der Waals surface area contributed by atoms with Crippen molar-refractivity contribution in [2.75, 3.05) is 43.5 Å². The van der Waals surface area contributed by atoms with Gasteiger partial charge < -0.3 is 20.5 Å². The van der Waals surface area contributed by atoms with Crippen LogP contribution in [0.3, 0.4) is 0 Å². The van der Waals surface area contributed by atoms with Gasteiger partial charge in [0.25, 0.3) is 5.95 Å². The van der Waals surface area contributed by atoms with Gasteiger partial charge in [0.15, 0.2) is 0 Å². The highest BCUT2D eigenvalue weighted by atomic mass is 16.5. The Morgan fingerprint density at radius 3 is 2.67 bits per heavy atom. The first-order valence-electron chi connectivity index (χ1n) is 6.76. The van der Waals surface area contributed by atoms with Gasteiger partial charge in [-0.2, -0.15) is 20.1 Å². The highest BCUT2D eigenvalue weighted by Gasteiger charge is 2.07. The van der Waals surface area contributed by atoms with Crippen molar-refractivity contribution in [1.29, 1.82) is 0 Å². The van der Waals surface area contributed by atoms with Crippen molar-refractivity contribution >= 4 is 11.9 Å². The molecular weight excluding hydrogens is 274 g/mol. The van der Waals surface area contributed by atoms with E-state index < -0.39 is 0 Å². The van der Waals surface area contributed by atoms with E-state index in [-0.39, 0.29) is 6.61 Å². The quantitative estimate of drug-likeness (QED) is 0.550. The first kappa shape index (κ1) is 15.1. The van der Waals surface area contributed by atoms with Crippen LogP contribution in [0.5, 0.6) is 0 Å². The van der Waals surface area contributed by atoms with Crippen LogP contribution in [0, 0.1) is 0 Å². The van der Waals surface area contributed by atoms with E-state index in [4.69, 9.17) is 9.84 Å². The zero-order valence-electron chi connectivity index (χ0n) is 11.9. The monoisotopic (exact) mass is 293 g/mol. The zero-order chi connectivity index (χ0) is 14.9. The fraction of sp³-hybridized carbons (Fsp3) is 0.500. The number of rotatable bonds is 9. The molecule has 2 aromatic rings. The number of hydrogen-bond donors (Lipinski definition) is 3. The fourth-order valence-corrected chi connectivity index (χ4v) is 1.57. The molecule has 2 heterocycles. The van der Waals surface area contributed by atoms with Gasteiger partial charge in [0.05, 0.1) is 19.8 Å². The van der Waals surface area contributed by atoms with Gasteiger partial charge in [-0.25, -0.2) is 4.68 Å². The van der Waals surface area contributed by atoms with Crippen molar-refractivity contribution in [3.05, 3.63) is 18.5 Å². The van der Waals surface area contributed by atoms with E-state index >= 15 is 0 Å². The van der Waals surface area contributed by atoms with Gasteiger partial charge >= 0.3 is 0 Å². The molecule has 21 heavy (non-hydrogen) atoms. The Hall–Kier alpha value is -2.26. The molecule has 0 fully saturated rings. The first-order valence-corrected chi connectivity index (χ1v) is 6.76. The Kier molecular flexibility index (Phi) is 5.85. The molecule has 2 aromatic heterocycles. The van der Waals surface area contributed by atoms with Crippen LogP contribution in [0.15, 0.2) is 18.5 Å². The highest BCUT2D eigenvalue weighted by Crippen LogP contribution is 2.08. The van der Waals surface area contributed by atoms with Crippen LogP contribution in [-0.4, -0.2) is 62.7 Å². The van der Waals surface area contributed by atoms with Crippen LogP contribution in [0.2, 0.25) is 0 Å². The van der Waals surface area contributed by atoms with E-state index in [1.165, 1.54) is 0 Å². The number of aliphatic hydroxyl groups excluding tert-OH is 1. The molecular formula is C12H19N7O2. The summed E-state index contributed by atoms with van der Waals surface area (Å²) in [4.78, 5) is 12.8. The normalized spacial score (nSPS) is 10.6. The lowest BCUT2D eigenvalue weighted by molar-refractivity contribution is 0.0991. The molecule has 2 rings (SSSR count). The summed E-state index contributed by atoms with van der Waals surface area (Å²) in [5.74, 6) is 1.36. The van der Waals surface area contributed by atoms with E-state index in [2.05, 4.69) is 30.7 Å². The third-order valence-electron chi connectivity index (χ3n) is 2.43. The largest absolute Gasteiger partial charge is 0.394 e. The molecule has 9 heteroatoms. The number of hydrogen-bond acceptors (Lipinski definition) is 8. The maximum atomic E-state index is 8.62. The minimum absolute atomic E-state index is 0.0137. The molecule has 3 N–H and O–H groups in total. The van der Waals surface area contributed by atoms with Crippen LogP contribution < -0.4 is 10.6 Å². The van der Waals surface area contributed by atoms with Crippen molar-refractivity contribution in [2.24, 2.45) is 0 Å². The molecule has 9 nitrogen and oxygen atoms in total. The minimum atomic E-state index is 0.0137. The number of nitrogens with one attached hydrogen (secondary N) is 2. The van der Waals surface area contributed by atoms with E-state index in [0.717, 1.165) is 0 Å². The average Bonchev–Trinajstić information content (AvgIpc) is 3.01. The second-order valence-corrected chi connectivity index (χ2v) is 4.03. The summed E-state index contributed by atoms with van der Waals surface area (Å²) < 4.78 is 6.73. The van der Waals surface area contributed by atoms with Gasteiger partial charge in [0, 0.05) is 25.5 Å². The molecule has 0 bridgehead atoms. The molecule has 0 spiro atoms. The van der Waals surface area contributed by atoms with Crippen LogP contribution in [-0.2, 0) is 4.74 Å². The zero-order valence-corrected chi connectivity index (χ0v) is 11.9. The first-order chi connectivity index (χ1) is 10.3. The smallest absolute Gasteiger partial charge is 0.257 e. The molecule has 0 aromatic carbocycles. The number of anilines is 2. The molecule has 0 unspecified atom stereocenters. The lowest BCUT2D eigenvalue weighted by atomic mass is 10.6. The van der Waals surface area contributed by atoms with Crippen molar-refractivity contribution in [3.8, 4) is 5.95 Å². The van der Waals surface area contributed by atoms with E-state index in [9.17, 15) is 0 Å². The minimum Gasteiger partial charge on any atom is -0.394 e. The van der Waals surface area contributed by atoms with Crippen LogP contribution >= 0.6 is 0 Å². The molecule has 0 aliphatic heterocycles. The molecule has 0 radical (unpaired) electrons. The van der Waals surface area contributed by atoms with Crippen molar-refractivity contribution < 1.29 is 9.84 Å². The fourth-order valence-electron chi connectivity index (χ4n) is 1.57. The standard InChI is InChI=1S/C12H19N7O2/c1-2-13-10-16-11(14-5-8-21-9-7-20)18-12(17-10)19-6-3-4-15-19/h3-4,6,20H,2,5,7-9H2,1H3,(H2,13,14,16,17,18). The summed E-state index contributed by atoms with van der Waals surface area (Å²) in [6.45, 7) is 4.00. The Morgan fingerprint density at radius 2 is 2.00 bits per heavy atom. The predicted octanol–water partition coefficient (Wildman–Crippen LogP) is -0.0901. The number of aliphatic hydroxyl groups is 1. The highest BCUT2D eigenvalue weighted by molar-refractivity contribution is 5.37. The summed E-state index contributed by atoms with van der Waals surface area (Å²) in [7, 11) is 0. The number of aromatic nitrogens is 5. The van der Waals surface area contributed by atoms with Crippen molar-refractivity contribution in [1.82, 2.24) is 24.7 Å². The van der Waals surface area contributed by atoms with Gasteiger partial charge in [-0.05, 0) is 13.0 Å². The number of nitrogens with zero attached hydrogens (tertiary/aromatic N) is 5. The predicted molar refractivity (Wildman–Crippen MR) is 77.5 cm³/mol. The second kappa shape index (κ2) is 8.12. The Balaban J connectivity index is 2.05. The van der Waals surface area contributed by atoms with E-state index in [1.807, 2.05) is 6.92 Å². The molecule has 0 atom stereocenters. The van der Waals surface area contributed by atoms with Crippen molar-refractivity contribution in [3.63, 3.8) is 0 Å². The maximum Gasteiger partial charge on any atom is 0.257 e. The summed E-state index contributed by atoms with van der Waals surface area (Å²) >= 11 is 0. The van der Waals surface area contributed by atoms with E-state index in [0.29, 0.717) is 44.1 Å². The Bertz CT molecular complexity index is 532. The lowest BCUT2D eigenvalue weighted by Gasteiger charge is -2.09. The van der Waals surface area contributed by atoms with Gasteiger partial charge in [-0.3, -0.25) is 0 Å². The topological polar surface area (TPSA) is 110 Å². The van der Waals surface area contributed by atoms with Crippen LogP contribution in [0.4, 0.5) is 11.9 Å². The molecule has 0 aliphatic rings. The Labute approximate surface area is 122 Å². The molecule has 0 aliphatic carbocycles. The molecule has 0 saturated carbocycles. The molecule has 0 amide bonds. The number of ether oxygens (including phenoxy) is 1. The van der Waals surface area contributed by atoms with Gasteiger partial charge in [-0.15, -0.1) is 0 Å². The summed E-state index contributed by atoms with van der Waals surface area (Å²) in [5.41, 5.74) is 0. The van der Waals surface area contributed by atoms with E-state index in [1.54, 1.807) is 23.1 Å². The SMILES string of the molecule is CCNc1nc(NCCOCCO)nc(-n2cccn2)n1. The summed E-state index contributed by atoms with van der Waals surface area (Å²) in [6.07, 6.45) is 3.42. The third-order valence-corrected chi connectivity index (χ3v) is 2.43. The lowest BCUT2D eigenvalue weighted by Crippen LogP contribution is -2.16. The summed E-state index contributed by atoms with van der Waals surface area (Å²) in [5, 5.41) is 18.8. The third kappa shape index (κ3) is 4.65. The van der Waals surface area contributed by atoms with Crippen LogP contribution in [0.25, 0.3) is 5.95 Å². The molecule has 114 valence electrons. The maximum absolute atomic E-state index is 8.62. The average molecular weight is 293 g/mol. The van der Waals surface area contributed by atoms with Gasteiger partial charge in [-0.1, -0.05) is 0 Å². The summed E-state index contributed by atoms with van der Waals surface area (Å²) in [6, 6.07) is 1.80.